The third kappa shape index (κ3) is 5.82. The van der Waals surface area contributed by atoms with Crippen molar-refractivity contribution in [3.05, 3.63) is 50.9 Å². The molecular formula is C20H28Cl2N4O3S. The number of hydrogen-bond acceptors (Lipinski definition) is 5. The van der Waals surface area contributed by atoms with Crippen molar-refractivity contribution >= 4 is 33.2 Å². The van der Waals surface area contributed by atoms with Gasteiger partial charge in [0.25, 0.3) is 5.56 Å². The van der Waals surface area contributed by atoms with Gasteiger partial charge in [0.05, 0.1) is 21.8 Å². The second-order valence-corrected chi connectivity index (χ2v) is 10.0. The molecule has 1 aromatic carbocycles. The van der Waals surface area contributed by atoms with Gasteiger partial charge in [0, 0.05) is 19.6 Å². The molecule has 0 amide bonds. The summed E-state index contributed by atoms with van der Waals surface area (Å²) in [4.78, 5) is 14.6. The first-order valence-electron chi connectivity index (χ1n) is 9.88. The van der Waals surface area contributed by atoms with Crippen LogP contribution in [-0.4, -0.2) is 60.1 Å². The number of likely N-dealkylation sites (N-methyl/N-ethyl adjacent to an activating group) is 1. The highest BCUT2D eigenvalue weighted by atomic mass is 35.5. The molecule has 10 heteroatoms. The van der Waals surface area contributed by atoms with Crippen molar-refractivity contribution < 1.29 is 8.42 Å². The maximum Gasteiger partial charge on any atom is 0.291 e. The van der Waals surface area contributed by atoms with Gasteiger partial charge in [0.1, 0.15) is 5.02 Å². The summed E-state index contributed by atoms with van der Waals surface area (Å²) in [6.45, 7) is 11.3. The van der Waals surface area contributed by atoms with Crippen LogP contribution in [0.5, 0.6) is 0 Å². The zero-order valence-electron chi connectivity index (χ0n) is 17.7. The topological polar surface area (TPSA) is 75.5 Å². The molecule has 0 atom stereocenters. The van der Waals surface area contributed by atoms with Gasteiger partial charge in [-0.15, -0.1) is 0 Å². The molecule has 0 saturated carbocycles. The molecule has 0 N–H and O–H groups in total. The van der Waals surface area contributed by atoms with Crippen LogP contribution in [0.25, 0.3) is 5.69 Å². The molecule has 1 heterocycles. The molecule has 30 heavy (non-hydrogen) atoms. The van der Waals surface area contributed by atoms with Crippen LogP contribution >= 0.6 is 23.2 Å². The van der Waals surface area contributed by atoms with E-state index < -0.39 is 15.6 Å². The minimum atomic E-state index is -3.68. The van der Waals surface area contributed by atoms with Gasteiger partial charge in [-0.3, -0.25) is 4.79 Å². The summed E-state index contributed by atoms with van der Waals surface area (Å²) in [6.07, 6.45) is 1.27. The number of sulfonamides is 1. The summed E-state index contributed by atoms with van der Waals surface area (Å²) >= 11 is 11.7. The summed E-state index contributed by atoms with van der Waals surface area (Å²) in [6, 6.07) is 6.02. The average molecular weight is 475 g/mol. The quantitative estimate of drug-likeness (QED) is 0.526. The molecule has 0 aliphatic rings. The third-order valence-corrected chi connectivity index (χ3v) is 7.35. The van der Waals surface area contributed by atoms with E-state index in [1.807, 2.05) is 13.8 Å². The lowest BCUT2D eigenvalue weighted by molar-refractivity contribution is 0.262. The highest BCUT2D eigenvalue weighted by Gasteiger charge is 2.25. The van der Waals surface area contributed by atoms with E-state index in [1.165, 1.54) is 34.8 Å². The van der Waals surface area contributed by atoms with Gasteiger partial charge in [0.15, 0.2) is 0 Å². The number of nitrogens with zero attached hydrogens (tertiary/aromatic N) is 4. The van der Waals surface area contributed by atoms with Gasteiger partial charge >= 0.3 is 0 Å². The summed E-state index contributed by atoms with van der Waals surface area (Å²) in [7, 11) is -3.68. The van der Waals surface area contributed by atoms with Crippen LogP contribution in [0.4, 0.5) is 0 Å². The van der Waals surface area contributed by atoms with E-state index >= 15 is 0 Å². The van der Waals surface area contributed by atoms with Gasteiger partial charge in [-0.2, -0.15) is 14.1 Å². The van der Waals surface area contributed by atoms with Crippen LogP contribution in [0.15, 0.2) is 40.2 Å². The molecule has 2 aromatic rings. The Labute approximate surface area is 188 Å². The summed E-state index contributed by atoms with van der Waals surface area (Å²) < 4.78 is 29.1. The Bertz CT molecular complexity index is 1000. The van der Waals surface area contributed by atoms with Crippen LogP contribution < -0.4 is 5.56 Å². The van der Waals surface area contributed by atoms with Crippen molar-refractivity contribution in [1.82, 2.24) is 19.0 Å². The normalized spacial score (nSPS) is 12.3. The van der Waals surface area contributed by atoms with Gasteiger partial charge in [-0.25, -0.2) is 8.42 Å². The van der Waals surface area contributed by atoms with Crippen LogP contribution in [0, 0.1) is 5.92 Å². The summed E-state index contributed by atoms with van der Waals surface area (Å²) in [5.74, 6) is 0.190. The number of hydrogen-bond donors (Lipinski definition) is 0. The fourth-order valence-electron chi connectivity index (χ4n) is 3.01. The van der Waals surface area contributed by atoms with Crippen molar-refractivity contribution in [1.29, 1.82) is 0 Å². The molecule has 0 unspecified atom stereocenters. The molecule has 166 valence electrons. The van der Waals surface area contributed by atoms with Crippen molar-refractivity contribution in [2.45, 2.75) is 32.6 Å². The first-order valence-corrected chi connectivity index (χ1v) is 12.1. The minimum absolute atomic E-state index is 0.0645. The molecule has 0 fully saturated rings. The monoisotopic (exact) mass is 474 g/mol. The van der Waals surface area contributed by atoms with Gasteiger partial charge < -0.3 is 4.90 Å². The maximum atomic E-state index is 13.3. The first kappa shape index (κ1) is 24.8. The zero-order valence-corrected chi connectivity index (χ0v) is 20.0. The molecule has 0 radical (unpaired) electrons. The SMILES string of the molecule is CCN(CC)CCN(CC(C)C)S(=O)(=O)c1ccc(-n2ncc(Cl)c(Cl)c2=O)cc1. The molecule has 0 aliphatic carbocycles. The van der Waals surface area contributed by atoms with Crippen LogP contribution in [0.3, 0.4) is 0 Å². The Morgan fingerprint density at radius 1 is 1.07 bits per heavy atom. The predicted molar refractivity (Wildman–Crippen MR) is 121 cm³/mol. The lowest BCUT2D eigenvalue weighted by Crippen LogP contribution is -2.40. The average Bonchev–Trinajstić information content (AvgIpc) is 2.72. The number of rotatable bonds is 10. The lowest BCUT2D eigenvalue weighted by Gasteiger charge is -2.27. The van der Waals surface area contributed by atoms with Crippen molar-refractivity contribution in [3.8, 4) is 5.69 Å². The summed E-state index contributed by atoms with van der Waals surface area (Å²) in [5, 5.41) is 3.89. The van der Waals surface area contributed by atoms with Crippen LogP contribution in [0.1, 0.15) is 27.7 Å². The van der Waals surface area contributed by atoms with E-state index in [1.54, 1.807) is 0 Å². The van der Waals surface area contributed by atoms with E-state index in [-0.39, 0.29) is 20.9 Å². The van der Waals surface area contributed by atoms with Crippen molar-refractivity contribution in [2.24, 2.45) is 5.92 Å². The molecule has 2 rings (SSSR count). The summed E-state index contributed by atoms with van der Waals surface area (Å²) in [5.41, 5.74) is -0.170. The lowest BCUT2D eigenvalue weighted by atomic mass is 10.2. The van der Waals surface area contributed by atoms with Gasteiger partial charge in [0.2, 0.25) is 10.0 Å². The standard InChI is InChI=1S/C20H28Cl2N4O3S/c1-5-24(6-2)11-12-25(14-15(3)4)30(28,29)17-9-7-16(8-10-17)26-20(27)19(22)18(21)13-23-26/h7-10,13,15H,5-6,11-12,14H2,1-4H3. The van der Waals surface area contributed by atoms with Crippen LogP contribution in [-0.2, 0) is 10.0 Å². The third-order valence-electron chi connectivity index (χ3n) is 4.72. The van der Waals surface area contributed by atoms with E-state index in [0.29, 0.717) is 25.3 Å². The van der Waals surface area contributed by atoms with Crippen molar-refractivity contribution in [3.63, 3.8) is 0 Å². The van der Waals surface area contributed by atoms with E-state index in [2.05, 4.69) is 23.8 Å². The second-order valence-electron chi connectivity index (χ2n) is 7.30. The number of aromatic nitrogens is 2. The highest BCUT2D eigenvalue weighted by molar-refractivity contribution is 7.89. The van der Waals surface area contributed by atoms with Gasteiger partial charge in [-0.1, -0.05) is 50.9 Å². The second kappa shape index (κ2) is 10.7. The molecular weight excluding hydrogens is 447 g/mol. The molecule has 7 nitrogen and oxygen atoms in total. The van der Waals surface area contributed by atoms with Crippen molar-refractivity contribution in [2.75, 3.05) is 32.7 Å². The molecule has 0 saturated heterocycles. The Hall–Kier alpha value is -1.45. The molecule has 0 bridgehead atoms. The fraction of sp³-hybridized carbons (Fsp3) is 0.500. The first-order chi connectivity index (χ1) is 14.1. The molecule has 0 spiro atoms. The van der Waals surface area contributed by atoms with Gasteiger partial charge in [-0.05, 0) is 43.3 Å². The van der Waals surface area contributed by atoms with E-state index in [4.69, 9.17) is 23.2 Å². The Kier molecular flexibility index (Phi) is 8.87. The zero-order chi connectivity index (χ0) is 22.5. The van der Waals surface area contributed by atoms with E-state index in [0.717, 1.165) is 17.8 Å². The van der Waals surface area contributed by atoms with Crippen LogP contribution in [0.2, 0.25) is 10.0 Å². The molecule has 1 aromatic heterocycles. The highest BCUT2D eigenvalue weighted by Crippen LogP contribution is 2.20. The number of halogens is 2. The maximum absolute atomic E-state index is 13.3. The fourth-order valence-corrected chi connectivity index (χ4v) is 4.86. The van der Waals surface area contributed by atoms with E-state index in [9.17, 15) is 13.2 Å². The predicted octanol–water partition coefficient (Wildman–Crippen LogP) is 3.53. The number of benzene rings is 1. The largest absolute Gasteiger partial charge is 0.303 e. The minimum Gasteiger partial charge on any atom is -0.303 e. The Morgan fingerprint density at radius 3 is 2.20 bits per heavy atom. The Morgan fingerprint density at radius 2 is 1.67 bits per heavy atom. The Balaban J connectivity index is 2.33. The smallest absolute Gasteiger partial charge is 0.291 e. The molecule has 0 aliphatic heterocycles.